The van der Waals surface area contributed by atoms with Gasteiger partial charge in [-0.05, 0) is 60.4 Å². The second-order valence-corrected chi connectivity index (χ2v) is 7.64. The Morgan fingerprint density at radius 3 is 2.38 bits per heavy atom. The monoisotopic (exact) mass is 388 g/mol. The molecule has 0 bridgehead atoms. The van der Waals surface area contributed by atoms with E-state index in [2.05, 4.69) is 19.2 Å². The standard InChI is InChI=1S/C25H28N2O2/c1-19(2)17-27(25(28)26-22-11-7-9-20(3)15-22)18-21-10-8-14-24(16-21)29-23-12-5-4-6-13-23/h4-16,19H,17-18H2,1-3H3,(H,26,28). The third kappa shape index (κ3) is 6.39. The van der Waals surface area contributed by atoms with Gasteiger partial charge in [0.25, 0.3) is 0 Å². The molecular weight excluding hydrogens is 360 g/mol. The number of aryl methyl sites for hydroxylation is 1. The number of nitrogens with zero attached hydrogens (tertiary/aromatic N) is 1. The first-order valence-electron chi connectivity index (χ1n) is 9.94. The van der Waals surface area contributed by atoms with Crippen molar-refractivity contribution < 1.29 is 9.53 Å². The number of hydrogen-bond acceptors (Lipinski definition) is 2. The van der Waals surface area contributed by atoms with Crippen LogP contribution in [0.5, 0.6) is 11.5 Å². The van der Waals surface area contributed by atoms with Crippen LogP contribution in [-0.2, 0) is 6.54 Å². The molecule has 0 spiro atoms. The largest absolute Gasteiger partial charge is 0.457 e. The van der Waals surface area contributed by atoms with Crippen molar-refractivity contribution in [3.8, 4) is 11.5 Å². The lowest BCUT2D eigenvalue weighted by Gasteiger charge is -2.25. The molecule has 29 heavy (non-hydrogen) atoms. The van der Waals surface area contributed by atoms with E-state index in [0.717, 1.165) is 28.3 Å². The summed E-state index contributed by atoms with van der Waals surface area (Å²) in [5, 5.41) is 3.02. The normalized spacial score (nSPS) is 10.6. The molecule has 3 rings (SSSR count). The molecule has 4 heteroatoms. The van der Waals surface area contributed by atoms with Crippen LogP contribution in [0.1, 0.15) is 25.0 Å². The number of carbonyl (C=O) groups is 1. The number of hydrogen-bond donors (Lipinski definition) is 1. The van der Waals surface area contributed by atoms with E-state index in [4.69, 9.17) is 4.74 Å². The third-order valence-electron chi connectivity index (χ3n) is 4.39. The zero-order chi connectivity index (χ0) is 20.6. The summed E-state index contributed by atoms with van der Waals surface area (Å²) in [7, 11) is 0. The van der Waals surface area contributed by atoms with E-state index in [0.29, 0.717) is 19.0 Å². The maximum Gasteiger partial charge on any atom is 0.322 e. The maximum absolute atomic E-state index is 12.9. The van der Waals surface area contributed by atoms with Crippen LogP contribution >= 0.6 is 0 Å². The Hall–Kier alpha value is -3.27. The van der Waals surface area contributed by atoms with Gasteiger partial charge in [0.1, 0.15) is 11.5 Å². The first-order chi connectivity index (χ1) is 14.0. The number of rotatable bonds is 7. The predicted octanol–water partition coefficient (Wildman–Crippen LogP) is 6.48. The summed E-state index contributed by atoms with van der Waals surface area (Å²) in [5.41, 5.74) is 2.95. The quantitative estimate of drug-likeness (QED) is 0.503. The summed E-state index contributed by atoms with van der Waals surface area (Å²) in [6.07, 6.45) is 0. The molecular formula is C25H28N2O2. The SMILES string of the molecule is Cc1cccc(NC(=O)N(Cc2cccc(Oc3ccccc3)c2)CC(C)C)c1. The van der Waals surface area contributed by atoms with Crippen LogP contribution in [0.25, 0.3) is 0 Å². The van der Waals surface area contributed by atoms with Crippen molar-refractivity contribution in [3.05, 3.63) is 90.0 Å². The minimum atomic E-state index is -0.0984. The van der Waals surface area contributed by atoms with E-state index in [9.17, 15) is 4.79 Å². The minimum absolute atomic E-state index is 0.0984. The molecule has 4 nitrogen and oxygen atoms in total. The predicted molar refractivity (Wildman–Crippen MR) is 118 cm³/mol. The van der Waals surface area contributed by atoms with Crippen molar-refractivity contribution in [3.63, 3.8) is 0 Å². The molecule has 0 aliphatic heterocycles. The van der Waals surface area contributed by atoms with Gasteiger partial charge in [-0.1, -0.05) is 56.3 Å². The van der Waals surface area contributed by atoms with Crippen molar-refractivity contribution in [2.24, 2.45) is 5.92 Å². The molecule has 0 aliphatic rings. The molecule has 0 fully saturated rings. The van der Waals surface area contributed by atoms with Gasteiger partial charge in [0.05, 0.1) is 0 Å². The summed E-state index contributed by atoms with van der Waals surface area (Å²) < 4.78 is 5.93. The Morgan fingerprint density at radius 1 is 0.931 bits per heavy atom. The van der Waals surface area contributed by atoms with Gasteiger partial charge in [-0.3, -0.25) is 0 Å². The number of carbonyl (C=O) groups excluding carboxylic acids is 1. The summed E-state index contributed by atoms with van der Waals surface area (Å²) >= 11 is 0. The van der Waals surface area contributed by atoms with Gasteiger partial charge >= 0.3 is 6.03 Å². The van der Waals surface area contributed by atoms with Crippen LogP contribution in [0.4, 0.5) is 10.5 Å². The summed E-state index contributed by atoms with van der Waals surface area (Å²) in [4.78, 5) is 14.8. The Kier molecular flexibility index (Phi) is 6.90. The van der Waals surface area contributed by atoms with Crippen molar-refractivity contribution in [2.75, 3.05) is 11.9 Å². The highest BCUT2D eigenvalue weighted by molar-refractivity contribution is 5.89. The number of nitrogens with one attached hydrogen (secondary N) is 1. The van der Waals surface area contributed by atoms with Crippen LogP contribution in [0, 0.1) is 12.8 Å². The highest BCUT2D eigenvalue weighted by Crippen LogP contribution is 2.23. The molecule has 150 valence electrons. The average molecular weight is 389 g/mol. The van der Waals surface area contributed by atoms with Gasteiger partial charge in [0, 0.05) is 18.8 Å². The number of urea groups is 1. The van der Waals surface area contributed by atoms with E-state index in [1.807, 2.05) is 90.7 Å². The lowest BCUT2D eigenvalue weighted by atomic mass is 10.1. The van der Waals surface area contributed by atoms with E-state index >= 15 is 0 Å². The van der Waals surface area contributed by atoms with Gasteiger partial charge in [-0.15, -0.1) is 0 Å². The van der Waals surface area contributed by atoms with E-state index in [-0.39, 0.29) is 6.03 Å². The number of para-hydroxylation sites is 1. The van der Waals surface area contributed by atoms with Crippen LogP contribution in [0.15, 0.2) is 78.9 Å². The van der Waals surface area contributed by atoms with Crippen molar-refractivity contribution in [1.82, 2.24) is 4.90 Å². The first kappa shape index (κ1) is 20.5. The van der Waals surface area contributed by atoms with Gasteiger partial charge in [0.2, 0.25) is 0 Å². The van der Waals surface area contributed by atoms with Gasteiger partial charge < -0.3 is 15.0 Å². The molecule has 1 N–H and O–H groups in total. The van der Waals surface area contributed by atoms with Crippen LogP contribution in [0.2, 0.25) is 0 Å². The molecule has 0 saturated carbocycles. The van der Waals surface area contributed by atoms with Crippen LogP contribution < -0.4 is 10.1 Å². The van der Waals surface area contributed by atoms with Crippen LogP contribution in [-0.4, -0.2) is 17.5 Å². The smallest absolute Gasteiger partial charge is 0.322 e. The molecule has 2 amide bonds. The topological polar surface area (TPSA) is 41.6 Å². The molecule has 3 aromatic rings. The fraction of sp³-hybridized carbons (Fsp3) is 0.240. The minimum Gasteiger partial charge on any atom is -0.457 e. The van der Waals surface area contributed by atoms with E-state index in [1.54, 1.807) is 0 Å². The second kappa shape index (κ2) is 9.78. The fourth-order valence-electron chi connectivity index (χ4n) is 3.14. The molecule has 0 aromatic heterocycles. The molecule has 0 radical (unpaired) electrons. The Bertz CT molecular complexity index is 938. The second-order valence-electron chi connectivity index (χ2n) is 7.64. The zero-order valence-electron chi connectivity index (χ0n) is 17.3. The maximum atomic E-state index is 12.9. The number of benzene rings is 3. The molecule has 3 aromatic carbocycles. The zero-order valence-corrected chi connectivity index (χ0v) is 17.3. The van der Waals surface area contributed by atoms with Gasteiger partial charge in [-0.25, -0.2) is 4.79 Å². The molecule has 0 unspecified atom stereocenters. The number of amides is 2. The molecule has 0 saturated heterocycles. The van der Waals surface area contributed by atoms with Crippen molar-refractivity contribution in [1.29, 1.82) is 0 Å². The van der Waals surface area contributed by atoms with E-state index in [1.165, 1.54) is 0 Å². The number of anilines is 1. The molecule has 0 atom stereocenters. The van der Waals surface area contributed by atoms with Crippen molar-refractivity contribution in [2.45, 2.75) is 27.3 Å². The lowest BCUT2D eigenvalue weighted by molar-refractivity contribution is 0.201. The highest BCUT2D eigenvalue weighted by atomic mass is 16.5. The number of ether oxygens (including phenoxy) is 1. The average Bonchev–Trinajstić information content (AvgIpc) is 2.68. The van der Waals surface area contributed by atoms with Crippen molar-refractivity contribution >= 4 is 11.7 Å². The summed E-state index contributed by atoms with van der Waals surface area (Å²) in [5.74, 6) is 1.92. The highest BCUT2D eigenvalue weighted by Gasteiger charge is 2.16. The molecule has 0 heterocycles. The first-order valence-corrected chi connectivity index (χ1v) is 9.94. The fourth-order valence-corrected chi connectivity index (χ4v) is 3.14. The summed E-state index contributed by atoms with van der Waals surface area (Å²) in [6, 6.07) is 25.3. The van der Waals surface area contributed by atoms with Gasteiger partial charge in [0.15, 0.2) is 0 Å². The third-order valence-corrected chi connectivity index (χ3v) is 4.39. The molecule has 0 aliphatic carbocycles. The lowest BCUT2D eigenvalue weighted by Crippen LogP contribution is -2.37. The van der Waals surface area contributed by atoms with Gasteiger partial charge in [-0.2, -0.15) is 0 Å². The van der Waals surface area contributed by atoms with Crippen LogP contribution in [0.3, 0.4) is 0 Å². The summed E-state index contributed by atoms with van der Waals surface area (Å²) in [6.45, 7) is 7.42. The Balaban J connectivity index is 1.72. The Morgan fingerprint density at radius 2 is 1.66 bits per heavy atom. The van der Waals surface area contributed by atoms with E-state index < -0.39 is 0 Å². The Labute approximate surface area is 173 Å².